The summed E-state index contributed by atoms with van der Waals surface area (Å²) in [6.45, 7) is 1.65. The Morgan fingerprint density at radius 2 is 1.69 bits per heavy atom. The first-order valence-corrected chi connectivity index (χ1v) is 10.6. The van der Waals surface area contributed by atoms with Gasteiger partial charge in [-0.15, -0.1) is 0 Å². The van der Waals surface area contributed by atoms with E-state index in [-0.39, 0.29) is 17.7 Å². The Morgan fingerprint density at radius 1 is 1.03 bits per heavy atom. The summed E-state index contributed by atoms with van der Waals surface area (Å²) in [6, 6.07) is 13.4. The Hall–Kier alpha value is -3.07. The van der Waals surface area contributed by atoms with E-state index in [9.17, 15) is 19.5 Å². The number of aliphatic carboxylic acids is 1. The number of nitrogens with one attached hydrogen (secondary N) is 1. The van der Waals surface area contributed by atoms with Crippen LogP contribution in [0.1, 0.15) is 54.4 Å². The van der Waals surface area contributed by atoms with Crippen LogP contribution in [-0.2, 0) is 9.59 Å². The number of carbonyl (C=O) groups is 3. The number of unbranched alkanes of at least 4 members (excludes halogenated alkanes) is 2. The molecule has 0 fully saturated rings. The molecule has 0 radical (unpaired) electrons. The monoisotopic (exact) mass is 442 g/mol. The second-order valence-corrected chi connectivity index (χ2v) is 7.50. The van der Waals surface area contributed by atoms with Gasteiger partial charge >= 0.3 is 5.97 Å². The van der Waals surface area contributed by atoms with Crippen LogP contribution in [0.4, 0.5) is 0 Å². The highest BCUT2D eigenvalue weighted by Crippen LogP contribution is 2.29. The predicted octanol–water partition coefficient (Wildman–Crippen LogP) is 2.94. The molecule has 2 rings (SSSR count). The number of carbonyl (C=O) groups excluding carboxylic acids is 2. The largest absolute Gasteiger partial charge is 0.483 e. The van der Waals surface area contributed by atoms with Crippen LogP contribution in [0.25, 0.3) is 0 Å². The van der Waals surface area contributed by atoms with Gasteiger partial charge in [-0.25, -0.2) is 0 Å². The van der Waals surface area contributed by atoms with E-state index < -0.39 is 35.6 Å². The Balaban J connectivity index is 2.48. The van der Waals surface area contributed by atoms with E-state index in [1.807, 2.05) is 13.0 Å². The second kappa shape index (κ2) is 12.7. The first kappa shape index (κ1) is 25.2. The molecule has 8 heteroatoms. The number of rotatable bonds is 14. The summed E-state index contributed by atoms with van der Waals surface area (Å²) in [5.41, 5.74) is 8.09. The van der Waals surface area contributed by atoms with Gasteiger partial charge in [-0.2, -0.15) is 5.48 Å². The topological polar surface area (TPSA) is 139 Å². The standard InChI is InChI=1S/C24H30N2O6/c1-2-3-5-14-20(32-16-10-6-4-7-11-16)23(28)21(22(25)24(29)30)18-13-9-8-12-17(18)19(27)15-26-31/h4,6-13,20-22,26,31H,2-3,5,14-15,25H2,1H3,(H,29,30)/t20-,21-,22-/m1/s1. The fraction of sp³-hybridized carbons (Fsp3) is 0.375. The number of hydrogen-bond acceptors (Lipinski definition) is 7. The van der Waals surface area contributed by atoms with Crippen LogP contribution in [-0.4, -0.2) is 46.5 Å². The highest BCUT2D eigenvalue weighted by atomic mass is 16.5. The third-order valence-corrected chi connectivity index (χ3v) is 5.20. The summed E-state index contributed by atoms with van der Waals surface area (Å²) in [5.74, 6) is -3.18. The molecule has 8 nitrogen and oxygen atoms in total. The number of ether oxygens (including phenoxy) is 1. The van der Waals surface area contributed by atoms with Gasteiger partial charge < -0.3 is 20.8 Å². The fourth-order valence-corrected chi connectivity index (χ4v) is 3.56. The first-order valence-electron chi connectivity index (χ1n) is 10.6. The van der Waals surface area contributed by atoms with Gasteiger partial charge in [-0.3, -0.25) is 14.4 Å². The molecule has 0 bridgehead atoms. The van der Waals surface area contributed by atoms with Crippen molar-refractivity contribution in [3.63, 3.8) is 0 Å². The zero-order valence-corrected chi connectivity index (χ0v) is 18.1. The Kier molecular flexibility index (Phi) is 10.0. The summed E-state index contributed by atoms with van der Waals surface area (Å²) in [7, 11) is 0. The minimum Gasteiger partial charge on any atom is -0.483 e. The van der Waals surface area contributed by atoms with Gasteiger partial charge in [0.25, 0.3) is 0 Å². The number of ketones is 2. The van der Waals surface area contributed by atoms with Crippen molar-refractivity contribution in [3.05, 3.63) is 65.7 Å². The lowest BCUT2D eigenvalue weighted by atomic mass is 9.81. The molecule has 3 atom stereocenters. The number of nitrogens with two attached hydrogens (primary N) is 1. The molecule has 0 saturated carbocycles. The molecule has 2 aromatic carbocycles. The number of para-hydroxylation sites is 1. The van der Waals surface area contributed by atoms with Gasteiger partial charge in [-0.1, -0.05) is 62.2 Å². The molecule has 2 aromatic rings. The summed E-state index contributed by atoms with van der Waals surface area (Å²) >= 11 is 0. The summed E-state index contributed by atoms with van der Waals surface area (Å²) < 4.78 is 5.97. The van der Waals surface area contributed by atoms with E-state index >= 15 is 0 Å². The number of carboxylic acids is 1. The number of hydroxylamine groups is 1. The van der Waals surface area contributed by atoms with Crippen molar-refractivity contribution >= 4 is 17.5 Å². The molecule has 0 amide bonds. The molecular formula is C24H30N2O6. The summed E-state index contributed by atoms with van der Waals surface area (Å²) in [5, 5.41) is 18.6. The Labute approximate surface area is 187 Å². The molecule has 0 heterocycles. The van der Waals surface area contributed by atoms with Crippen LogP contribution in [0.15, 0.2) is 54.6 Å². The third-order valence-electron chi connectivity index (χ3n) is 5.20. The number of Topliss-reactive ketones (excluding diaryl/α,β-unsaturated/α-hetero) is 2. The van der Waals surface area contributed by atoms with E-state index in [4.69, 9.17) is 15.7 Å². The molecule has 0 saturated heterocycles. The molecule has 172 valence electrons. The lowest BCUT2D eigenvalue weighted by molar-refractivity contribution is -0.142. The van der Waals surface area contributed by atoms with Crippen molar-refractivity contribution in [3.8, 4) is 5.75 Å². The van der Waals surface area contributed by atoms with Crippen LogP contribution in [0.5, 0.6) is 5.75 Å². The summed E-state index contributed by atoms with van der Waals surface area (Å²) in [6.07, 6.45) is 1.99. The molecule has 32 heavy (non-hydrogen) atoms. The van der Waals surface area contributed by atoms with E-state index in [1.165, 1.54) is 12.1 Å². The number of hydrogen-bond donors (Lipinski definition) is 4. The quantitative estimate of drug-likeness (QED) is 0.199. The lowest BCUT2D eigenvalue weighted by Crippen LogP contribution is -2.45. The van der Waals surface area contributed by atoms with Crippen molar-refractivity contribution in [1.29, 1.82) is 0 Å². The average Bonchev–Trinajstić information content (AvgIpc) is 2.79. The van der Waals surface area contributed by atoms with Gasteiger partial charge in [0, 0.05) is 5.56 Å². The Bertz CT molecular complexity index is 902. The highest BCUT2D eigenvalue weighted by molar-refractivity contribution is 6.03. The molecule has 0 aliphatic carbocycles. The molecule has 0 aromatic heterocycles. The zero-order valence-electron chi connectivity index (χ0n) is 18.1. The van der Waals surface area contributed by atoms with Crippen LogP contribution in [0.3, 0.4) is 0 Å². The maximum Gasteiger partial charge on any atom is 0.321 e. The van der Waals surface area contributed by atoms with Crippen LogP contribution >= 0.6 is 0 Å². The third kappa shape index (κ3) is 6.71. The highest BCUT2D eigenvalue weighted by Gasteiger charge is 2.39. The summed E-state index contributed by atoms with van der Waals surface area (Å²) in [4.78, 5) is 38.0. The van der Waals surface area contributed by atoms with Crippen molar-refractivity contribution in [2.24, 2.45) is 5.73 Å². The van der Waals surface area contributed by atoms with E-state index in [0.717, 1.165) is 12.8 Å². The van der Waals surface area contributed by atoms with Crippen molar-refractivity contribution in [1.82, 2.24) is 5.48 Å². The van der Waals surface area contributed by atoms with Crippen molar-refractivity contribution in [2.45, 2.75) is 50.7 Å². The molecule has 0 aliphatic heterocycles. The smallest absolute Gasteiger partial charge is 0.321 e. The molecule has 0 spiro atoms. The van der Waals surface area contributed by atoms with Crippen LogP contribution in [0, 0.1) is 0 Å². The van der Waals surface area contributed by atoms with E-state index in [2.05, 4.69) is 0 Å². The first-order chi connectivity index (χ1) is 15.4. The molecule has 5 N–H and O–H groups in total. The number of benzene rings is 2. The van der Waals surface area contributed by atoms with E-state index in [0.29, 0.717) is 18.6 Å². The maximum absolute atomic E-state index is 13.7. The molecule has 0 unspecified atom stereocenters. The predicted molar refractivity (Wildman–Crippen MR) is 119 cm³/mol. The van der Waals surface area contributed by atoms with Gasteiger partial charge in [0.1, 0.15) is 11.8 Å². The van der Waals surface area contributed by atoms with Crippen molar-refractivity contribution < 1.29 is 29.4 Å². The van der Waals surface area contributed by atoms with Gasteiger partial charge in [-0.05, 0) is 30.5 Å². The fourth-order valence-electron chi connectivity index (χ4n) is 3.56. The van der Waals surface area contributed by atoms with E-state index in [1.54, 1.807) is 41.9 Å². The van der Waals surface area contributed by atoms with Gasteiger partial charge in [0.05, 0.1) is 12.5 Å². The van der Waals surface area contributed by atoms with Crippen molar-refractivity contribution in [2.75, 3.05) is 6.54 Å². The SMILES string of the molecule is CCCCC[C@@H](Oc1ccccc1)C(=O)[C@H](c1ccccc1C(=O)CNO)[C@@H](N)C(=O)O. The van der Waals surface area contributed by atoms with Crippen LogP contribution in [0.2, 0.25) is 0 Å². The molecule has 0 aliphatic rings. The Morgan fingerprint density at radius 3 is 2.31 bits per heavy atom. The van der Waals surface area contributed by atoms with Gasteiger partial charge in [0.2, 0.25) is 0 Å². The van der Waals surface area contributed by atoms with Gasteiger partial charge in [0.15, 0.2) is 17.7 Å². The minimum absolute atomic E-state index is 0.121. The second-order valence-electron chi connectivity index (χ2n) is 7.50. The minimum atomic E-state index is -1.58. The lowest BCUT2D eigenvalue weighted by Gasteiger charge is -2.27. The normalized spacial score (nSPS) is 13.7. The average molecular weight is 443 g/mol. The maximum atomic E-state index is 13.7. The van der Waals surface area contributed by atoms with Crippen LogP contribution < -0.4 is 16.0 Å². The zero-order chi connectivity index (χ0) is 23.5. The number of carboxylic acid groups (broad SMARTS) is 1. The molecular weight excluding hydrogens is 412 g/mol.